The fourth-order valence-electron chi connectivity index (χ4n) is 3.82. The zero-order valence-electron chi connectivity index (χ0n) is 17.5. The molecule has 1 aliphatic heterocycles. The zero-order valence-corrected chi connectivity index (χ0v) is 17.5. The number of hydrogen-bond donors (Lipinski definition) is 3. The predicted octanol–water partition coefficient (Wildman–Crippen LogP) is 1.93. The lowest BCUT2D eigenvalue weighted by Gasteiger charge is -2.34. The Labute approximate surface area is 182 Å². The molecule has 11 nitrogen and oxygen atoms in total. The molecule has 5 rings (SSSR count). The molecule has 5 heterocycles. The highest BCUT2D eigenvalue weighted by Crippen LogP contribution is 2.33. The Morgan fingerprint density at radius 2 is 2.16 bits per heavy atom. The third-order valence-corrected chi connectivity index (χ3v) is 5.51. The number of pyridine rings is 1. The molecule has 0 saturated carbocycles. The maximum atomic E-state index is 13.4. The molecule has 0 spiro atoms. The van der Waals surface area contributed by atoms with Gasteiger partial charge in [0.25, 0.3) is 5.89 Å². The number of nitrogens with zero attached hydrogens (tertiary/aromatic N) is 6. The Morgan fingerprint density at radius 1 is 1.28 bits per heavy atom. The Morgan fingerprint density at radius 3 is 2.94 bits per heavy atom. The lowest BCUT2D eigenvalue weighted by atomic mass is 9.98. The summed E-state index contributed by atoms with van der Waals surface area (Å²) >= 11 is 0. The van der Waals surface area contributed by atoms with Crippen molar-refractivity contribution in [3.8, 4) is 11.6 Å². The number of aromatic nitrogens is 7. The summed E-state index contributed by atoms with van der Waals surface area (Å²) in [5, 5.41) is 14.7. The van der Waals surface area contributed by atoms with Crippen molar-refractivity contribution in [2.24, 2.45) is 5.73 Å². The lowest BCUT2D eigenvalue weighted by Crippen LogP contribution is -2.42. The Bertz CT molecular complexity index is 1320. The van der Waals surface area contributed by atoms with Crippen molar-refractivity contribution in [3.05, 3.63) is 70.7 Å². The summed E-state index contributed by atoms with van der Waals surface area (Å²) < 4.78 is 5.67. The molecule has 162 valence electrons. The molecule has 4 N–H and O–H groups in total. The quantitative estimate of drug-likeness (QED) is 0.443. The van der Waals surface area contributed by atoms with E-state index >= 15 is 0 Å². The van der Waals surface area contributed by atoms with Crippen molar-refractivity contribution in [1.82, 2.24) is 40.2 Å². The van der Waals surface area contributed by atoms with Crippen LogP contribution < -0.4 is 5.73 Å². The average Bonchev–Trinajstić information content (AvgIpc) is 3.54. The Kier molecular flexibility index (Phi) is 4.77. The van der Waals surface area contributed by atoms with Crippen LogP contribution in [0.4, 0.5) is 0 Å². The van der Waals surface area contributed by atoms with E-state index < -0.39 is 11.9 Å². The van der Waals surface area contributed by atoms with Gasteiger partial charge < -0.3 is 20.0 Å². The second kappa shape index (κ2) is 7.76. The van der Waals surface area contributed by atoms with Crippen LogP contribution in [-0.2, 0) is 6.42 Å². The number of fused-ring (bicyclic) bond motifs is 1. The van der Waals surface area contributed by atoms with Gasteiger partial charge in [-0.1, -0.05) is 6.07 Å². The molecular formula is C21H21N9O2. The van der Waals surface area contributed by atoms with Gasteiger partial charge in [-0.15, -0.1) is 10.2 Å². The largest absolute Gasteiger partial charge is 0.411 e. The normalized spacial score (nSPS) is 16.2. The number of carbonyl (C=O) groups is 1. The monoisotopic (exact) mass is 431 g/mol. The summed E-state index contributed by atoms with van der Waals surface area (Å²) in [5.41, 5.74) is 11.7. The predicted molar refractivity (Wildman–Crippen MR) is 114 cm³/mol. The van der Waals surface area contributed by atoms with E-state index in [9.17, 15) is 4.79 Å². The second-order valence-electron chi connectivity index (χ2n) is 7.61. The second-order valence-corrected chi connectivity index (χ2v) is 7.61. The van der Waals surface area contributed by atoms with Crippen LogP contribution in [0.2, 0.25) is 0 Å². The van der Waals surface area contributed by atoms with E-state index in [0.717, 1.165) is 22.5 Å². The highest BCUT2D eigenvalue weighted by molar-refractivity contribution is 5.90. The number of H-pyrrole nitrogens is 2. The standard InChI is InChI=1S/C21H21N9O2/c1-11-4-3-6-23-15(11)8-13(22)18-17-14(24-10-25-17)5-7-30(18)21(31)20-29-28-19(32-20)16-12(2)9-26-27-16/h3-4,6,8-10,18H,5,7,22H2,1-2H3,(H,24,25)(H,26,27)/b13-8-. The molecule has 0 bridgehead atoms. The fourth-order valence-corrected chi connectivity index (χ4v) is 3.82. The number of aromatic amines is 2. The van der Waals surface area contributed by atoms with Crippen molar-refractivity contribution in [1.29, 1.82) is 0 Å². The number of amides is 1. The molecule has 0 fully saturated rings. The van der Waals surface area contributed by atoms with E-state index in [-0.39, 0.29) is 11.8 Å². The molecule has 0 aliphatic carbocycles. The number of imidazole rings is 1. The maximum Gasteiger partial charge on any atom is 0.312 e. The van der Waals surface area contributed by atoms with Crippen LogP contribution in [0.5, 0.6) is 0 Å². The minimum atomic E-state index is -0.594. The minimum absolute atomic E-state index is 0.125. The highest BCUT2D eigenvalue weighted by atomic mass is 16.4. The van der Waals surface area contributed by atoms with Gasteiger partial charge in [-0.2, -0.15) is 5.10 Å². The molecule has 1 atom stereocenters. The molecule has 0 radical (unpaired) electrons. The molecule has 1 aliphatic rings. The van der Waals surface area contributed by atoms with Gasteiger partial charge in [0.05, 0.1) is 23.9 Å². The summed E-state index contributed by atoms with van der Waals surface area (Å²) in [4.78, 5) is 27.0. The highest BCUT2D eigenvalue weighted by Gasteiger charge is 2.37. The van der Waals surface area contributed by atoms with E-state index in [2.05, 4.69) is 35.3 Å². The summed E-state index contributed by atoms with van der Waals surface area (Å²) in [6.07, 6.45) is 7.33. The Hall–Kier alpha value is -4.28. The molecule has 0 aromatic carbocycles. The van der Waals surface area contributed by atoms with Crippen LogP contribution in [-0.4, -0.2) is 52.7 Å². The number of hydrogen-bond acceptors (Lipinski definition) is 8. The summed E-state index contributed by atoms with van der Waals surface area (Å²) in [7, 11) is 0. The van der Waals surface area contributed by atoms with Gasteiger partial charge in [0.2, 0.25) is 0 Å². The summed E-state index contributed by atoms with van der Waals surface area (Å²) in [5.74, 6) is -0.349. The van der Waals surface area contributed by atoms with Crippen molar-refractivity contribution in [3.63, 3.8) is 0 Å². The van der Waals surface area contributed by atoms with Gasteiger partial charge in [-0.25, -0.2) is 4.98 Å². The van der Waals surface area contributed by atoms with E-state index in [1.54, 1.807) is 29.7 Å². The van der Waals surface area contributed by atoms with Crippen LogP contribution >= 0.6 is 0 Å². The van der Waals surface area contributed by atoms with E-state index in [0.29, 0.717) is 30.1 Å². The Balaban J connectivity index is 1.51. The molecule has 1 unspecified atom stereocenters. The molecule has 0 saturated heterocycles. The average molecular weight is 431 g/mol. The first-order chi connectivity index (χ1) is 15.5. The van der Waals surface area contributed by atoms with Crippen molar-refractivity contribution in [2.45, 2.75) is 26.3 Å². The first-order valence-electron chi connectivity index (χ1n) is 10.1. The smallest absolute Gasteiger partial charge is 0.312 e. The fraction of sp³-hybridized carbons (Fsp3) is 0.238. The molecule has 4 aromatic rings. The number of nitrogens with one attached hydrogen (secondary N) is 2. The molecule has 32 heavy (non-hydrogen) atoms. The maximum absolute atomic E-state index is 13.4. The van der Waals surface area contributed by atoms with Crippen molar-refractivity contribution >= 4 is 12.0 Å². The summed E-state index contributed by atoms with van der Waals surface area (Å²) in [6.45, 7) is 4.22. The number of carbonyl (C=O) groups excluding carboxylic acids is 1. The van der Waals surface area contributed by atoms with Crippen LogP contribution in [0.15, 0.2) is 41.0 Å². The molecule has 1 amide bonds. The molecular weight excluding hydrogens is 410 g/mol. The minimum Gasteiger partial charge on any atom is -0.411 e. The summed E-state index contributed by atoms with van der Waals surface area (Å²) in [6, 6.07) is 3.22. The third-order valence-electron chi connectivity index (χ3n) is 5.51. The third kappa shape index (κ3) is 3.33. The number of rotatable bonds is 4. The van der Waals surface area contributed by atoms with Crippen molar-refractivity contribution in [2.75, 3.05) is 6.54 Å². The van der Waals surface area contributed by atoms with Gasteiger partial charge in [0.1, 0.15) is 11.7 Å². The number of aryl methyl sites for hydroxylation is 2. The van der Waals surface area contributed by atoms with Crippen LogP contribution in [0.25, 0.3) is 17.7 Å². The van der Waals surface area contributed by atoms with E-state index in [4.69, 9.17) is 10.2 Å². The number of nitrogens with two attached hydrogens (primary N) is 1. The van der Waals surface area contributed by atoms with Gasteiger partial charge >= 0.3 is 11.8 Å². The first kappa shape index (κ1) is 19.7. The van der Waals surface area contributed by atoms with Gasteiger partial charge in [-0.05, 0) is 37.1 Å². The first-order valence-corrected chi connectivity index (χ1v) is 10.1. The van der Waals surface area contributed by atoms with E-state index in [1.165, 1.54) is 0 Å². The molecule has 4 aromatic heterocycles. The van der Waals surface area contributed by atoms with Gasteiger partial charge in [0, 0.05) is 30.6 Å². The van der Waals surface area contributed by atoms with Crippen LogP contribution in [0.3, 0.4) is 0 Å². The topological polar surface area (TPSA) is 156 Å². The van der Waals surface area contributed by atoms with Gasteiger partial charge in [0.15, 0.2) is 0 Å². The van der Waals surface area contributed by atoms with Gasteiger partial charge in [-0.3, -0.25) is 14.9 Å². The SMILES string of the molecule is Cc1cccnc1/C=C(\N)C1c2nc[nH]c2CCN1C(=O)c1nnc(-c2[nH]ncc2C)o1. The van der Waals surface area contributed by atoms with Crippen LogP contribution in [0.1, 0.15) is 44.9 Å². The van der Waals surface area contributed by atoms with Crippen molar-refractivity contribution < 1.29 is 9.21 Å². The zero-order chi connectivity index (χ0) is 22.2. The van der Waals surface area contributed by atoms with Crippen LogP contribution in [0, 0.1) is 13.8 Å². The molecule has 11 heteroatoms. The van der Waals surface area contributed by atoms with E-state index in [1.807, 2.05) is 26.0 Å². The lowest BCUT2D eigenvalue weighted by molar-refractivity contribution is 0.0646.